The molecule has 20 heavy (non-hydrogen) atoms. The normalized spacial score (nSPS) is 10.4. The van der Waals surface area contributed by atoms with Gasteiger partial charge in [-0.15, -0.1) is 0 Å². The minimum atomic E-state index is 0.108. The van der Waals surface area contributed by atoms with Crippen molar-refractivity contribution in [3.63, 3.8) is 0 Å². The number of nitrogens with zero attached hydrogens (tertiary/aromatic N) is 4. The molecule has 0 bridgehead atoms. The van der Waals surface area contributed by atoms with E-state index in [1.54, 1.807) is 24.4 Å². The van der Waals surface area contributed by atoms with Gasteiger partial charge in [0.15, 0.2) is 5.65 Å². The maximum atomic E-state index is 8.92. The number of nitrogens with one attached hydrogen (secondary N) is 2. The summed E-state index contributed by atoms with van der Waals surface area (Å²) in [5.41, 5.74) is 7.21. The molecule has 0 spiro atoms. The standard InChI is InChI=1S/C12H8ClN7/c13-8-2-1-6(4-14)3-9(8)17-10-7-5-16-20-11(7)19-12(15)18-10/h1-3,5H,(H4,15,16,17,18,19,20). The number of halogens is 1. The number of nitrogen functional groups attached to an aromatic ring is 1. The molecule has 0 atom stereocenters. The predicted octanol–water partition coefficient (Wildman–Crippen LogP) is 2.20. The van der Waals surface area contributed by atoms with Crippen molar-refractivity contribution in [3.8, 4) is 6.07 Å². The Labute approximate surface area is 118 Å². The van der Waals surface area contributed by atoms with Gasteiger partial charge in [-0.05, 0) is 18.2 Å². The maximum absolute atomic E-state index is 8.92. The number of rotatable bonds is 2. The molecule has 4 N–H and O–H groups in total. The highest BCUT2D eigenvalue weighted by atomic mass is 35.5. The van der Waals surface area contributed by atoms with E-state index in [1.807, 2.05) is 6.07 Å². The molecule has 0 aliphatic rings. The van der Waals surface area contributed by atoms with Gasteiger partial charge >= 0.3 is 0 Å². The van der Waals surface area contributed by atoms with E-state index in [0.717, 1.165) is 0 Å². The van der Waals surface area contributed by atoms with Crippen molar-refractivity contribution >= 4 is 40.1 Å². The van der Waals surface area contributed by atoms with Crippen LogP contribution in [0.2, 0.25) is 5.02 Å². The van der Waals surface area contributed by atoms with Crippen LogP contribution < -0.4 is 11.1 Å². The first-order valence-electron chi connectivity index (χ1n) is 5.60. The number of fused-ring (bicyclic) bond motifs is 1. The van der Waals surface area contributed by atoms with Crippen LogP contribution in [0.3, 0.4) is 0 Å². The summed E-state index contributed by atoms with van der Waals surface area (Å²) in [7, 11) is 0. The summed E-state index contributed by atoms with van der Waals surface area (Å²) < 4.78 is 0. The van der Waals surface area contributed by atoms with Gasteiger partial charge in [0.2, 0.25) is 5.95 Å². The summed E-state index contributed by atoms with van der Waals surface area (Å²) in [6.07, 6.45) is 1.58. The van der Waals surface area contributed by atoms with E-state index in [2.05, 4.69) is 25.5 Å². The predicted molar refractivity (Wildman–Crippen MR) is 75.5 cm³/mol. The Morgan fingerprint density at radius 1 is 1.35 bits per heavy atom. The van der Waals surface area contributed by atoms with E-state index in [-0.39, 0.29) is 5.95 Å². The van der Waals surface area contributed by atoms with Crippen molar-refractivity contribution in [2.75, 3.05) is 11.1 Å². The monoisotopic (exact) mass is 285 g/mol. The molecule has 0 saturated carbocycles. The van der Waals surface area contributed by atoms with Gasteiger partial charge in [0, 0.05) is 0 Å². The zero-order valence-electron chi connectivity index (χ0n) is 10.1. The summed E-state index contributed by atoms with van der Waals surface area (Å²) in [6.45, 7) is 0. The summed E-state index contributed by atoms with van der Waals surface area (Å²) in [5, 5.41) is 19.7. The quantitative estimate of drug-likeness (QED) is 0.664. The second-order valence-electron chi connectivity index (χ2n) is 3.99. The van der Waals surface area contributed by atoms with Gasteiger partial charge in [0.25, 0.3) is 0 Å². The van der Waals surface area contributed by atoms with Gasteiger partial charge in [-0.25, -0.2) is 0 Å². The number of aromatic amines is 1. The lowest BCUT2D eigenvalue weighted by Gasteiger charge is -2.09. The van der Waals surface area contributed by atoms with Gasteiger partial charge in [-0.3, -0.25) is 5.10 Å². The van der Waals surface area contributed by atoms with Gasteiger partial charge < -0.3 is 11.1 Å². The highest BCUT2D eigenvalue weighted by molar-refractivity contribution is 6.33. The third-order valence-corrected chi connectivity index (χ3v) is 3.01. The van der Waals surface area contributed by atoms with Crippen LogP contribution in [0.15, 0.2) is 24.4 Å². The van der Waals surface area contributed by atoms with Crippen LogP contribution in [-0.4, -0.2) is 20.2 Å². The summed E-state index contributed by atoms with van der Waals surface area (Å²) in [4.78, 5) is 8.14. The smallest absolute Gasteiger partial charge is 0.224 e. The number of aromatic nitrogens is 4. The fraction of sp³-hybridized carbons (Fsp3) is 0. The average molecular weight is 286 g/mol. The van der Waals surface area contributed by atoms with Crippen molar-refractivity contribution in [2.24, 2.45) is 0 Å². The molecule has 7 nitrogen and oxygen atoms in total. The molecule has 8 heteroatoms. The van der Waals surface area contributed by atoms with Crippen LogP contribution in [0, 0.1) is 11.3 Å². The number of benzene rings is 1. The summed E-state index contributed by atoms with van der Waals surface area (Å²) >= 11 is 6.10. The van der Waals surface area contributed by atoms with Crippen LogP contribution in [0.25, 0.3) is 11.0 Å². The molecule has 3 rings (SSSR count). The van der Waals surface area contributed by atoms with Crippen LogP contribution >= 0.6 is 11.6 Å². The fourth-order valence-electron chi connectivity index (χ4n) is 1.77. The molecular weight excluding hydrogens is 278 g/mol. The Bertz CT molecular complexity index is 833. The molecule has 0 amide bonds. The zero-order chi connectivity index (χ0) is 14.1. The average Bonchev–Trinajstić information content (AvgIpc) is 2.89. The van der Waals surface area contributed by atoms with Crippen molar-refractivity contribution < 1.29 is 0 Å². The first-order valence-corrected chi connectivity index (χ1v) is 5.98. The second kappa shape index (κ2) is 4.68. The lowest BCUT2D eigenvalue weighted by atomic mass is 10.2. The molecule has 0 radical (unpaired) electrons. The van der Waals surface area contributed by atoms with Crippen LogP contribution in [-0.2, 0) is 0 Å². The number of hydrogen-bond acceptors (Lipinski definition) is 6. The van der Waals surface area contributed by atoms with E-state index >= 15 is 0 Å². The van der Waals surface area contributed by atoms with Crippen molar-refractivity contribution in [1.82, 2.24) is 20.2 Å². The second-order valence-corrected chi connectivity index (χ2v) is 4.40. The molecular formula is C12H8ClN7. The summed E-state index contributed by atoms with van der Waals surface area (Å²) in [5.74, 6) is 0.579. The molecule has 0 unspecified atom stereocenters. The molecule has 3 aromatic rings. The lowest BCUT2D eigenvalue weighted by molar-refractivity contribution is 1.09. The third-order valence-electron chi connectivity index (χ3n) is 2.68. The molecule has 0 aliphatic heterocycles. The first-order chi connectivity index (χ1) is 9.67. The molecule has 0 saturated heterocycles. The first kappa shape index (κ1) is 12.2. The number of anilines is 3. The van der Waals surface area contributed by atoms with Gasteiger partial charge in [0.1, 0.15) is 5.82 Å². The van der Waals surface area contributed by atoms with Gasteiger partial charge in [-0.2, -0.15) is 20.3 Å². The van der Waals surface area contributed by atoms with E-state index < -0.39 is 0 Å². The molecule has 98 valence electrons. The number of H-pyrrole nitrogens is 1. The summed E-state index contributed by atoms with van der Waals surface area (Å²) in [6, 6.07) is 6.95. The molecule has 0 aliphatic carbocycles. The maximum Gasteiger partial charge on any atom is 0.224 e. The molecule has 0 fully saturated rings. The Morgan fingerprint density at radius 3 is 3.00 bits per heavy atom. The van der Waals surface area contributed by atoms with Crippen LogP contribution in [0.4, 0.5) is 17.5 Å². The topological polar surface area (TPSA) is 116 Å². The van der Waals surface area contributed by atoms with E-state index in [9.17, 15) is 0 Å². The van der Waals surface area contributed by atoms with Gasteiger partial charge in [0.05, 0.1) is 33.9 Å². The zero-order valence-corrected chi connectivity index (χ0v) is 10.8. The van der Waals surface area contributed by atoms with E-state index in [0.29, 0.717) is 33.1 Å². The number of nitrogens with two attached hydrogens (primary N) is 1. The molecule has 2 aromatic heterocycles. The third kappa shape index (κ3) is 2.08. The molecule has 2 heterocycles. The highest BCUT2D eigenvalue weighted by Crippen LogP contribution is 2.28. The Balaban J connectivity index is 2.09. The highest BCUT2D eigenvalue weighted by Gasteiger charge is 2.10. The van der Waals surface area contributed by atoms with Gasteiger partial charge in [-0.1, -0.05) is 11.6 Å². The van der Waals surface area contributed by atoms with E-state index in [4.69, 9.17) is 22.6 Å². The Morgan fingerprint density at radius 2 is 2.20 bits per heavy atom. The minimum absolute atomic E-state index is 0.108. The Hall–Kier alpha value is -2.85. The van der Waals surface area contributed by atoms with E-state index in [1.165, 1.54) is 0 Å². The van der Waals surface area contributed by atoms with Crippen LogP contribution in [0.5, 0.6) is 0 Å². The van der Waals surface area contributed by atoms with Crippen molar-refractivity contribution in [1.29, 1.82) is 5.26 Å². The van der Waals surface area contributed by atoms with Crippen molar-refractivity contribution in [3.05, 3.63) is 35.0 Å². The minimum Gasteiger partial charge on any atom is -0.368 e. The largest absolute Gasteiger partial charge is 0.368 e. The Kier molecular flexibility index (Phi) is 2.85. The SMILES string of the molecule is N#Cc1ccc(Cl)c(Nc2nc(N)nc3[nH]ncc23)c1. The number of hydrogen-bond donors (Lipinski definition) is 3. The lowest BCUT2D eigenvalue weighted by Crippen LogP contribution is -2.01. The van der Waals surface area contributed by atoms with Crippen molar-refractivity contribution in [2.45, 2.75) is 0 Å². The number of nitriles is 1. The molecule has 1 aromatic carbocycles. The fourth-order valence-corrected chi connectivity index (χ4v) is 1.93. The van der Waals surface area contributed by atoms with Crippen LogP contribution in [0.1, 0.15) is 5.56 Å².